The van der Waals surface area contributed by atoms with Crippen LogP contribution in [0.15, 0.2) is 18.2 Å². The molecular weight excluding hydrogens is 292 g/mol. The van der Waals surface area contributed by atoms with E-state index in [4.69, 9.17) is 17.3 Å². The number of benzene rings is 1. The van der Waals surface area contributed by atoms with Crippen LogP contribution in [0, 0.1) is 0 Å². The number of halogens is 1. The number of carbonyl (C=O) groups excluding carboxylic acids is 1. The Labute approximate surface area is 117 Å². The van der Waals surface area contributed by atoms with Crippen molar-refractivity contribution in [3.63, 3.8) is 0 Å². The highest BCUT2D eigenvalue weighted by Gasteiger charge is 2.21. The Morgan fingerprint density at radius 1 is 1.47 bits per heavy atom. The number of nitrogens with zero attached hydrogens (tertiary/aromatic N) is 1. The molecule has 0 aliphatic rings. The third-order valence-electron chi connectivity index (χ3n) is 2.54. The molecule has 1 aromatic rings. The lowest BCUT2D eigenvalue weighted by molar-refractivity contribution is -0.140. The summed E-state index contributed by atoms with van der Waals surface area (Å²) in [6.07, 6.45) is -0.219. The SMILES string of the molecule is COC(=O)CCS(=O)(=O)N(C)c1cc(Cl)ccc1N. The molecule has 0 aliphatic carbocycles. The second-order valence-electron chi connectivity index (χ2n) is 3.81. The molecule has 106 valence electrons. The second-order valence-corrected chi connectivity index (χ2v) is 6.37. The number of nitrogens with two attached hydrogens (primary N) is 1. The van der Waals surface area contributed by atoms with Gasteiger partial charge in [0.25, 0.3) is 0 Å². The fraction of sp³-hybridized carbons (Fsp3) is 0.364. The van der Waals surface area contributed by atoms with E-state index in [1.807, 2.05) is 0 Å². The van der Waals surface area contributed by atoms with Crippen LogP contribution in [-0.2, 0) is 19.6 Å². The first-order chi connectivity index (χ1) is 8.77. The summed E-state index contributed by atoms with van der Waals surface area (Å²) in [6.45, 7) is 0. The summed E-state index contributed by atoms with van der Waals surface area (Å²) >= 11 is 5.81. The predicted octanol–water partition coefficient (Wildman–Crippen LogP) is 1.25. The van der Waals surface area contributed by atoms with Crippen LogP contribution >= 0.6 is 11.6 Å². The van der Waals surface area contributed by atoms with Crippen molar-refractivity contribution in [2.45, 2.75) is 6.42 Å². The highest BCUT2D eigenvalue weighted by Crippen LogP contribution is 2.28. The molecule has 0 spiro atoms. The number of esters is 1. The van der Waals surface area contributed by atoms with E-state index < -0.39 is 16.0 Å². The van der Waals surface area contributed by atoms with Crippen molar-refractivity contribution in [1.29, 1.82) is 0 Å². The smallest absolute Gasteiger partial charge is 0.306 e. The minimum absolute atomic E-state index is 0.219. The van der Waals surface area contributed by atoms with Gasteiger partial charge >= 0.3 is 5.97 Å². The van der Waals surface area contributed by atoms with Gasteiger partial charge in [-0.2, -0.15) is 0 Å². The van der Waals surface area contributed by atoms with Crippen molar-refractivity contribution >= 4 is 39.0 Å². The molecule has 0 atom stereocenters. The summed E-state index contributed by atoms with van der Waals surface area (Å²) in [4.78, 5) is 11.0. The van der Waals surface area contributed by atoms with Crippen LogP contribution in [0.5, 0.6) is 0 Å². The fourth-order valence-corrected chi connectivity index (χ4v) is 2.71. The van der Waals surface area contributed by atoms with Gasteiger partial charge in [0.15, 0.2) is 0 Å². The van der Waals surface area contributed by atoms with Crippen LogP contribution in [0.2, 0.25) is 5.02 Å². The Bertz CT molecular complexity index is 574. The second kappa shape index (κ2) is 6.12. The van der Waals surface area contributed by atoms with Crippen LogP contribution in [0.3, 0.4) is 0 Å². The third-order valence-corrected chi connectivity index (χ3v) is 4.53. The summed E-state index contributed by atoms with van der Waals surface area (Å²) in [5.41, 5.74) is 6.27. The molecule has 0 bridgehead atoms. The van der Waals surface area contributed by atoms with Crippen LogP contribution in [0.25, 0.3) is 0 Å². The molecule has 0 aliphatic heterocycles. The van der Waals surface area contributed by atoms with Gasteiger partial charge in [-0.3, -0.25) is 9.10 Å². The number of hydrogen-bond donors (Lipinski definition) is 1. The Kier molecular flexibility index (Phi) is 5.02. The average molecular weight is 307 g/mol. The Balaban J connectivity index is 2.95. The number of carbonyl (C=O) groups is 1. The van der Waals surface area contributed by atoms with Crippen molar-refractivity contribution in [2.24, 2.45) is 0 Å². The van der Waals surface area contributed by atoms with E-state index in [1.165, 1.54) is 26.3 Å². The molecule has 0 saturated carbocycles. The highest BCUT2D eigenvalue weighted by atomic mass is 35.5. The van der Waals surface area contributed by atoms with Crippen LogP contribution in [-0.4, -0.2) is 34.3 Å². The summed E-state index contributed by atoms with van der Waals surface area (Å²) in [5.74, 6) is -0.946. The van der Waals surface area contributed by atoms with Crippen molar-refractivity contribution < 1.29 is 17.9 Å². The number of hydrogen-bond acceptors (Lipinski definition) is 5. The van der Waals surface area contributed by atoms with Gasteiger partial charge in [0.1, 0.15) is 0 Å². The van der Waals surface area contributed by atoms with Gasteiger partial charge in [-0.25, -0.2) is 8.42 Å². The van der Waals surface area contributed by atoms with E-state index in [-0.39, 0.29) is 23.5 Å². The molecule has 0 amide bonds. The molecular formula is C11H15ClN2O4S. The van der Waals surface area contributed by atoms with Gasteiger partial charge in [-0.15, -0.1) is 0 Å². The summed E-state index contributed by atoms with van der Waals surface area (Å²) in [5, 5.41) is 0.374. The lowest BCUT2D eigenvalue weighted by Gasteiger charge is -2.21. The Hall–Kier alpha value is -1.47. The number of ether oxygens (including phenoxy) is 1. The lowest BCUT2D eigenvalue weighted by Crippen LogP contribution is -2.30. The molecule has 0 heterocycles. The van der Waals surface area contributed by atoms with Gasteiger partial charge in [-0.1, -0.05) is 11.6 Å². The monoisotopic (exact) mass is 306 g/mol. The number of sulfonamides is 1. The van der Waals surface area contributed by atoms with Crippen LogP contribution in [0.4, 0.5) is 11.4 Å². The van der Waals surface area contributed by atoms with Gasteiger partial charge in [0.2, 0.25) is 10.0 Å². The molecule has 8 heteroatoms. The molecule has 19 heavy (non-hydrogen) atoms. The largest absolute Gasteiger partial charge is 0.469 e. The maximum Gasteiger partial charge on any atom is 0.306 e. The first-order valence-electron chi connectivity index (χ1n) is 5.36. The number of rotatable bonds is 5. The predicted molar refractivity (Wildman–Crippen MR) is 74.7 cm³/mol. The zero-order valence-electron chi connectivity index (χ0n) is 10.6. The molecule has 1 aromatic carbocycles. The first-order valence-corrected chi connectivity index (χ1v) is 7.35. The van der Waals surface area contributed by atoms with E-state index >= 15 is 0 Å². The van der Waals surface area contributed by atoms with E-state index in [0.29, 0.717) is 5.02 Å². The highest BCUT2D eigenvalue weighted by molar-refractivity contribution is 7.92. The lowest BCUT2D eigenvalue weighted by atomic mass is 10.3. The first kappa shape index (κ1) is 15.6. The topological polar surface area (TPSA) is 89.7 Å². The van der Waals surface area contributed by atoms with E-state index in [2.05, 4.69) is 4.74 Å². The van der Waals surface area contributed by atoms with Gasteiger partial charge in [0.05, 0.1) is 30.7 Å². The van der Waals surface area contributed by atoms with E-state index in [1.54, 1.807) is 6.07 Å². The Morgan fingerprint density at radius 3 is 2.68 bits per heavy atom. The maximum absolute atomic E-state index is 12.0. The van der Waals surface area contributed by atoms with E-state index in [9.17, 15) is 13.2 Å². The van der Waals surface area contributed by atoms with Crippen molar-refractivity contribution in [3.8, 4) is 0 Å². The average Bonchev–Trinajstić information content (AvgIpc) is 2.38. The Morgan fingerprint density at radius 2 is 2.11 bits per heavy atom. The van der Waals surface area contributed by atoms with Gasteiger partial charge in [0, 0.05) is 12.1 Å². The molecule has 0 fully saturated rings. The van der Waals surface area contributed by atoms with Crippen molar-refractivity contribution in [3.05, 3.63) is 23.2 Å². The normalized spacial score (nSPS) is 11.1. The van der Waals surface area contributed by atoms with Crippen molar-refractivity contribution in [1.82, 2.24) is 0 Å². The molecule has 6 nitrogen and oxygen atoms in total. The molecule has 1 rings (SSSR count). The zero-order valence-corrected chi connectivity index (χ0v) is 12.2. The van der Waals surface area contributed by atoms with Crippen LogP contribution < -0.4 is 10.0 Å². The molecule has 2 N–H and O–H groups in total. The van der Waals surface area contributed by atoms with Crippen LogP contribution in [0.1, 0.15) is 6.42 Å². The minimum atomic E-state index is -3.66. The molecule has 0 saturated heterocycles. The summed E-state index contributed by atoms with van der Waals surface area (Å²) < 4.78 is 29.5. The van der Waals surface area contributed by atoms with Gasteiger partial charge in [-0.05, 0) is 18.2 Å². The zero-order chi connectivity index (χ0) is 14.6. The quantitative estimate of drug-likeness (QED) is 0.653. The van der Waals surface area contributed by atoms with Crippen molar-refractivity contribution in [2.75, 3.05) is 29.9 Å². The molecule has 0 unspecified atom stereocenters. The number of anilines is 2. The third kappa shape index (κ3) is 4.00. The van der Waals surface area contributed by atoms with E-state index in [0.717, 1.165) is 4.31 Å². The number of nitrogen functional groups attached to an aromatic ring is 1. The molecule has 0 aromatic heterocycles. The summed E-state index contributed by atoms with van der Waals surface area (Å²) in [7, 11) is -1.11. The fourth-order valence-electron chi connectivity index (χ4n) is 1.39. The molecule has 0 radical (unpaired) electrons. The number of methoxy groups -OCH3 is 1. The minimum Gasteiger partial charge on any atom is -0.469 e. The van der Waals surface area contributed by atoms with Gasteiger partial charge < -0.3 is 10.5 Å². The standard InChI is InChI=1S/C11H15ClN2O4S/c1-14(10-7-8(12)3-4-9(10)13)19(16,17)6-5-11(15)18-2/h3-4,7H,5-6,13H2,1-2H3. The summed E-state index contributed by atoms with van der Waals surface area (Å²) in [6, 6.07) is 4.53. The maximum atomic E-state index is 12.0.